The molecule has 0 spiro atoms. The van der Waals surface area contributed by atoms with Gasteiger partial charge in [0.2, 0.25) is 0 Å². The molecule has 0 radical (unpaired) electrons. The van der Waals surface area contributed by atoms with Crippen molar-refractivity contribution in [3.8, 4) is 0 Å². The van der Waals surface area contributed by atoms with Crippen molar-refractivity contribution in [2.24, 2.45) is 0 Å². The Kier molecular flexibility index (Phi) is 8.06. The lowest BCUT2D eigenvalue weighted by Crippen LogP contribution is -2.06. The Labute approximate surface area is 130 Å². The number of rotatable bonds is 10. The van der Waals surface area contributed by atoms with Crippen molar-refractivity contribution in [2.45, 2.75) is 64.0 Å². The number of nitrogens with one attached hydrogen (secondary N) is 1. The van der Waals surface area contributed by atoms with Crippen LogP contribution in [0.5, 0.6) is 0 Å². The molecule has 0 aliphatic rings. The Morgan fingerprint density at radius 1 is 1.05 bits per heavy atom. The standard InChI is InChI=1S/C16H26F3N3/c1-21-15-14(20)11-13(12-22-15)9-7-5-3-2-4-6-8-10-16(17,18)19/h11-12H,2-10,20H2,1H3,(H,21,22). The number of anilines is 2. The number of hydrogen-bond acceptors (Lipinski definition) is 3. The van der Waals surface area contributed by atoms with Gasteiger partial charge in [-0.1, -0.05) is 32.1 Å². The molecule has 1 aromatic heterocycles. The van der Waals surface area contributed by atoms with Crippen LogP contribution in [-0.4, -0.2) is 18.2 Å². The monoisotopic (exact) mass is 317 g/mol. The number of halogens is 3. The maximum absolute atomic E-state index is 12.0. The summed E-state index contributed by atoms with van der Waals surface area (Å²) in [5.74, 6) is 0.697. The van der Waals surface area contributed by atoms with Crippen molar-refractivity contribution in [1.29, 1.82) is 0 Å². The van der Waals surface area contributed by atoms with Gasteiger partial charge in [-0.15, -0.1) is 0 Å². The Balaban J connectivity index is 2.03. The van der Waals surface area contributed by atoms with E-state index in [1.54, 1.807) is 7.05 Å². The highest BCUT2D eigenvalue weighted by Gasteiger charge is 2.25. The van der Waals surface area contributed by atoms with E-state index < -0.39 is 12.6 Å². The highest BCUT2D eigenvalue weighted by molar-refractivity contribution is 5.61. The lowest BCUT2D eigenvalue weighted by atomic mass is 10.0. The predicted molar refractivity (Wildman–Crippen MR) is 84.9 cm³/mol. The third kappa shape index (κ3) is 8.10. The molecule has 1 rings (SSSR count). The minimum Gasteiger partial charge on any atom is -0.396 e. The summed E-state index contributed by atoms with van der Waals surface area (Å²) in [6.45, 7) is 0. The summed E-state index contributed by atoms with van der Waals surface area (Å²) < 4.78 is 35.9. The molecule has 0 aromatic carbocycles. The maximum atomic E-state index is 12.0. The second kappa shape index (κ2) is 9.54. The highest BCUT2D eigenvalue weighted by Crippen LogP contribution is 2.23. The van der Waals surface area contributed by atoms with E-state index in [-0.39, 0.29) is 6.42 Å². The number of pyridine rings is 1. The molecule has 0 aliphatic carbocycles. The van der Waals surface area contributed by atoms with Crippen LogP contribution in [0.3, 0.4) is 0 Å². The fraction of sp³-hybridized carbons (Fsp3) is 0.688. The van der Waals surface area contributed by atoms with Crippen LogP contribution < -0.4 is 11.1 Å². The molecule has 0 aliphatic heterocycles. The van der Waals surface area contributed by atoms with Gasteiger partial charge in [0, 0.05) is 19.7 Å². The van der Waals surface area contributed by atoms with E-state index in [9.17, 15) is 13.2 Å². The molecule has 0 amide bonds. The van der Waals surface area contributed by atoms with E-state index in [4.69, 9.17) is 5.73 Å². The van der Waals surface area contributed by atoms with E-state index in [0.29, 0.717) is 17.9 Å². The molecular formula is C16H26F3N3. The van der Waals surface area contributed by atoms with E-state index in [1.165, 1.54) is 0 Å². The molecule has 1 aromatic rings. The van der Waals surface area contributed by atoms with Gasteiger partial charge in [-0.2, -0.15) is 13.2 Å². The first-order chi connectivity index (χ1) is 10.4. The molecule has 22 heavy (non-hydrogen) atoms. The van der Waals surface area contributed by atoms with Crippen molar-refractivity contribution >= 4 is 11.5 Å². The number of aryl methyl sites for hydroxylation is 1. The van der Waals surface area contributed by atoms with Crippen LogP contribution >= 0.6 is 0 Å². The number of nitrogen functional groups attached to an aromatic ring is 1. The second-order valence-corrected chi connectivity index (χ2v) is 5.62. The van der Waals surface area contributed by atoms with Crippen molar-refractivity contribution in [2.75, 3.05) is 18.1 Å². The predicted octanol–water partition coefficient (Wildman–Crippen LogP) is 4.93. The van der Waals surface area contributed by atoms with Gasteiger partial charge < -0.3 is 11.1 Å². The Bertz CT molecular complexity index is 433. The SMILES string of the molecule is CNc1ncc(CCCCCCCCCC(F)(F)F)cc1N. The summed E-state index contributed by atoms with van der Waals surface area (Å²) in [5.41, 5.74) is 7.64. The third-order valence-electron chi connectivity index (χ3n) is 3.64. The largest absolute Gasteiger partial charge is 0.396 e. The number of hydrogen-bond donors (Lipinski definition) is 2. The van der Waals surface area contributed by atoms with E-state index >= 15 is 0 Å². The quantitative estimate of drug-likeness (QED) is 0.601. The van der Waals surface area contributed by atoms with Gasteiger partial charge in [0.15, 0.2) is 0 Å². The average Bonchev–Trinajstić information content (AvgIpc) is 2.44. The fourth-order valence-corrected chi connectivity index (χ4v) is 2.41. The first kappa shape index (κ1) is 18.6. The van der Waals surface area contributed by atoms with Crippen molar-refractivity contribution in [3.63, 3.8) is 0 Å². The van der Waals surface area contributed by atoms with Crippen LogP contribution in [0.25, 0.3) is 0 Å². The van der Waals surface area contributed by atoms with Gasteiger partial charge in [0.25, 0.3) is 0 Å². The minimum absolute atomic E-state index is 0.256. The summed E-state index contributed by atoms with van der Waals surface area (Å²) in [5, 5.41) is 2.93. The van der Waals surface area contributed by atoms with Gasteiger partial charge in [0.05, 0.1) is 5.69 Å². The van der Waals surface area contributed by atoms with E-state index in [1.807, 2.05) is 12.3 Å². The lowest BCUT2D eigenvalue weighted by Gasteiger charge is -2.07. The van der Waals surface area contributed by atoms with Gasteiger partial charge >= 0.3 is 6.18 Å². The number of aromatic nitrogens is 1. The maximum Gasteiger partial charge on any atom is 0.389 e. The van der Waals surface area contributed by atoms with Crippen molar-refractivity contribution < 1.29 is 13.2 Å². The summed E-state index contributed by atoms with van der Waals surface area (Å²) in [4.78, 5) is 4.24. The van der Waals surface area contributed by atoms with E-state index in [0.717, 1.165) is 44.1 Å². The van der Waals surface area contributed by atoms with Crippen LogP contribution in [0, 0.1) is 0 Å². The molecular weight excluding hydrogens is 291 g/mol. The zero-order chi connectivity index (χ0) is 16.4. The third-order valence-corrected chi connectivity index (χ3v) is 3.64. The van der Waals surface area contributed by atoms with Gasteiger partial charge in [-0.3, -0.25) is 0 Å². The lowest BCUT2D eigenvalue weighted by molar-refractivity contribution is -0.135. The van der Waals surface area contributed by atoms with Gasteiger partial charge in [0.1, 0.15) is 5.82 Å². The van der Waals surface area contributed by atoms with Crippen LogP contribution in [0.2, 0.25) is 0 Å². The highest BCUT2D eigenvalue weighted by atomic mass is 19.4. The van der Waals surface area contributed by atoms with Gasteiger partial charge in [-0.25, -0.2) is 4.98 Å². The molecule has 6 heteroatoms. The summed E-state index contributed by atoms with van der Waals surface area (Å²) in [6, 6.07) is 1.94. The number of alkyl halides is 3. The number of nitrogens with two attached hydrogens (primary N) is 1. The zero-order valence-corrected chi connectivity index (χ0v) is 13.2. The Morgan fingerprint density at radius 2 is 1.64 bits per heavy atom. The van der Waals surface area contributed by atoms with Crippen LogP contribution in [0.15, 0.2) is 12.3 Å². The molecule has 126 valence electrons. The Morgan fingerprint density at radius 3 is 2.18 bits per heavy atom. The molecule has 0 fully saturated rings. The van der Waals surface area contributed by atoms with Crippen molar-refractivity contribution in [3.05, 3.63) is 17.8 Å². The Hall–Kier alpha value is -1.46. The van der Waals surface area contributed by atoms with Gasteiger partial charge in [-0.05, 0) is 30.9 Å². The minimum atomic E-state index is -4.00. The summed E-state index contributed by atoms with van der Waals surface area (Å²) in [6.07, 6.45) is 4.17. The van der Waals surface area contributed by atoms with Crippen LogP contribution in [0.1, 0.15) is 56.9 Å². The molecule has 0 bridgehead atoms. The summed E-state index contributed by atoms with van der Waals surface area (Å²) in [7, 11) is 1.78. The molecule has 1 heterocycles. The average molecular weight is 317 g/mol. The molecule has 0 atom stereocenters. The van der Waals surface area contributed by atoms with Crippen LogP contribution in [0.4, 0.5) is 24.7 Å². The molecule has 3 N–H and O–H groups in total. The first-order valence-corrected chi connectivity index (χ1v) is 7.91. The molecule has 0 unspecified atom stereocenters. The van der Waals surface area contributed by atoms with Crippen molar-refractivity contribution in [1.82, 2.24) is 4.98 Å². The smallest absolute Gasteiger partial charge is 0.389 e. The zero-order valence-electron chi connectivity index (χ0n) is 13.2. The molecule has 0 saturated heterocycles. The topological polar surface area (TPSA) is 50.9 Å². The first-order valence-electron chi connectivity index (χ1n) is 7.91. The molecule has 3 nitrogen and oxygen atoms in total. The second-order valence-electron chi connectivity index (χ2n) is 5.62. The molecule has 0 saturated carbocycles. The van der Waals surface area contributed by atoms with E-state index in [2.05, 4.69) is 10.3 Å². The van der Waals surface area contributed by atoms with Crippen LogP contribution in [-0.2, 0) is 6.42 Å². The normalized spacial score (nSPS) is 11.6. The fourth-order valence-electron chi connectivity index (χ4n) is 2.41. The number of nitrogens with zero attached hydrogens (tertiary/aromatic N) is 1. The summed E-state index contributed by atoms with van der Waals surface area (Å²) >= 11 is 0. The number of unbranched alkanes of at least 4 members (excludes halogenated alkanes) is 6.